The van der Waals surface area contributed by atoms with E-state index in [9.17, 15) is 14.0 Å². The SMILES string of the molecule is O=C(NC1C[C@H]2CC[C@H](C1)N2Cc1ccc2cc(F)ccc2c1)N1CCCN(C(=O)c2c(Cl)cccc2Cl)CC1. The summed E-state index contributed by atoms with van der Waals surface area (Å²) in [4.78, 5) is 32.5. The van der Waals surface area contributed by atoms with E-state index in [0.717, 1.165) is 43.0 Å². The molecule has 3 aliphatic heterocycles. The van der Waals surface area contributed by atoms with Crippen LogP contribution in [0.25, 0.3) is 10.8 Å². The van der Waals surface area contributed by atoms with Crippen molar-refractivity contribution in [2.75, 3.05) is 26.2 Å². The van der Waals surface area contributed by atoms with Crippen molar-refractivity contribution < 1.29 is 14.0 Å². The Morgan fingerprint density at radius 1 is 0.850 bits per heavy atom. The van der Waals surface area contributed by atoms with Crippen molar-refractivity contribution in [1.82, 2.24) is 20.0 Å². The van der Waals surface area contributed by atoms with Crippen LogP contribution in [0.3, 0.4) is 0 Å². The third-order valence-corrected chi connectivity index (χ3v) is 9.32. The van der Waals surface area contributed by atoms with Gasteiger partial charge in [-0.15, -0.1) is 0 Å². The van der Waals surface area contributed by atoms with Crippen LogP contribution in [-0.2, 0) is 6.54 Å². The fourth-order valence-electron chi connectivity index (χ4n) is 6.68. The molecule has 1 N–H and O–H groups in total. The summed E-state index contributed by atoms with van der Waals surface area (Å²) in [6.45, 7) is 2.93. The van der Waals surface area contributed by atoms with Crippen molar-refractivity contribution in [1.29, 1.82) is 0 Å². The first-order chi connectivity index (χ1) is 19.4. The number of hydrogen-bond acceptors (Lipinski definition) is 3. The molecule has 3 aliphatic rings. The lowest BCUT2D eigenvalue weighted by molar-refractivity contribution is 0.0761. The number of nitrogens with one attached hydrogen (secondary N) is 1. The Hall–Kier alpha value is -2.87. The molecule has 2 atom stereocenters. The first-order valence-corrected chi connectivity index (χ1v) is 14.8. The number of halogens is 3. The van der Waals surface area contributed by atoms with E-state index >= 15 is 0 Å². The maximum absolute atomic E-state index is 13.6. The molecule has 9 heteroatoms. The second kappa shape index (κ2) is 11.6. The zero-order chi connectivity index (χ0) is 27.8. The van der Waals surface area contributed by atoms with Crippen molar-refractivity contribution in [2.24, 2.45) is 0 Å². The highest BCUT2D eigenvalue weighted by Crippen LogP contribution is 2.37. The normalized spacial score (nSPS) is 23.3. The van der Waals surface area contributed by atoms with Gasteiger partial charge in [0.05, 0.1) is 15.6 Å². The summed E-state index contributed by atoms with van der Waals surface area (Å²) in [7, 11) is 0. The number of urea groups is 1. The smallest absolute Gasteiger partial charge is 0.317 e. The summed E-state index contributed by atoms with van der Waals surface area (Å²) in [5, 5.41) is 5.96. The predicted molar refractivity (Wildman–Crippen MR) is 156 cm³/mol. The topological polar surface area (TPSA) is 55.9 Å². The molecule has 40 heavy (non-hydrogen) atoms. The van der Waals surface area contributed by atoms with E-state index in [2.05, 4.69) is 22.3 Å². The van der Waals surface area contributed by atoms with Gasteiger partial charge in [-0.2, -0.15) is 0 Å². The summed E-state index contributed by atoms with van der Waals surface area (Å²) in [5.74, 6) is -0.407. The Morgan fingerprint density at radius 2 is 1.50 bits per heavy atom. The lowest BCUT2D eigenvalue weighted by Crippen LogP contribution is -2.53. The number of fused-ring (bicyclic) bond motifs is 3. The van der Waals surface area contributed by atoms with Crippen molar-refractivity contribution in [3.63, 3.8) is 0 Å². The average molecular weight is 584 g/mol. The molecule has 0 aromatic heterocycles. The average Bonchev–Trinajstić information content (AvgIpc) is 3.11. The molecule has 3 amide bonds. The molecule has 2 bridgehead atoms. The molecule has 3 heterocycles. The molecule has 210 valence electrons. The fourth-order valence-corrected chi connectivity index (χ4v) is 7.23. The molecular formula is C31H33Cl2FN4O2. The Balaban J connectivity index is 1.03. The molecule has 0 aliphatic carbocycles. The molecule has 6 rings (SSSR count). The van der Waals surface area contributed by atoms with Gasteiger partial charge < -0.3 is 15.1 Å². The number of carbonyl (C=O) groups is 2. The number of nitrogens with zero attached hydrogens (tertiary/aromatic N) is 3. The Kier molecular flexibility index (Phi) is 7.89. The molecule has 3 fully saturated rings. The third-order valence-electron chi connectivity index (χ3n) is 8.69. The lowest BCUT2D eigenvalue weighted by atomic mass is 9.96. The molecule has 0 spiro atoms. The number of piperidine rings is 1. The summed E-state index contributed by atoms with van der Waals surface area (Å²) in [6.07, 6.45) is 4.85. The molecule has 0 saturated carbocycles. The van der Waals surface area contributed by atoms with Gasteiger partial charge in [0, 0.05) is 50.8 Å². The van der Waals surface area contributed by atoms with E-state index in [-0.39, 0.29) is 23.8 Å². The Bertz CT molecular complexity index is 1400. The largest absolute Gasteiger partial charge is 0.337 e. The van der Waals surface area contributed by atoms with Crippen LogP contribution in [0.1, 0.15) is 48.0 Å². The molecule has 3 aromatic carbocycles. The van der Waals surface area contributed by atoms with E-state index in [1.54, 1.807) is 29.2 Å². The first kappa shape index (κ1) is 27.3. The van der Waals surface area contributed by atoms with Crippen LogP contribution >= 0.6 is 23.2 Å². The number of rotatable bonds is 4. The Labute approximate surface area is 244 Å². The van der Waals surface area contributed by atoms with Gasteiger partial charge >= 0.3 is 6.03 Å². The standard InChI is InChI=1S/C31H33Cl2FN4O2/c32-27-3-1-4-28(33)29(27)30(39)36-11-2-12-37(14-13-36)31(40)35-24-17-25-9-10-26(18-24)38(25)19-20-5-6-22-16-23(34)8-7-21(22)15-20/h1,3-8,15-16,24-26H,2,9-14,17-19H2,(H,35,40)/t25-,26-/m1/s1. The van der Waals surface area contributed by atoms with Gasteiger partial charge in [0.15, 0.2) is 0 Å². The van der Waals surface area contributed by atoms with Crippen molar-refractivity contribution >= 4 is 45.9 Å². The van der Waals surface area contributed by atoms with Crippen LogP contribution in [0.15, 0.2) is 54.6 Å². The number of carbonyl (C=O) groups excluding carboxylic acids is 2. The summed E-state index contributed by atoms with van der Waals surface area (Å²) >= 11 is 12.5. The van der Waals surface area contributed by atoms with Crippen LogP contribution in [0.2, 0.25) is 10.0 Å². The molecule has 0 unspecified atom stereocenters. The number of benzene rings is 3. The molecule has 3 aromatic rings. The van der Waals surface area contributed by atoms with Gasteiger partial charge in [0.25, 0.3) is 5.91 Å². The molecular weight excluding hydrogens is 550 g/mol. The molecule has 3 saturated heterocycles. The zero-order valence-electron chi connectivity index (χ0n) is 22.3. The van der Waals surface area contributed by atoms with Crippen molar-refractivity contribution in [3.05, 3.63) is 81.6 Å². The highest BCUT2D eigenvalue weighted by Gasteiger charge is 2.41. The predicted octanol–water partition coefficient (Wildman–Crippen LogP) is 6.34. The van der Waals surface area contributed by atoms with Crippen molar-refractivity contribution in [3.8, 4) is 0 Å². The van der Waals surface area contributed by atoms with Crippen LogP contribution in [-0.4, -0.2) is 70.9 Å². The zero-order valence-corrected chi connectivity index (χ0v) is 23.8. The minimum absolute atomic E-state index is 0.0512. The summed E-state index contributed by atoms with van der Waals surface area (Å²) in [6, 6.07) is 17.2. The van der Waals surface area contributed by atoms with E-state index < -0.39 is 0 Å². The first-order valence-electron chi connectivity index (χ1n) is 14.1. The van der Waals surface area contributed by atoms with E-state index in [0.29, 0.717) is 60.3 Å². The van der Waals surface area contributed by atoms with Crippen LogP contribution in [0, 0.1) is 5.82 Å². The van der Waals surface area contributed by atoms with Gasteiger partial charge in [-0.25, -0.2) is 9.18 Å². The maximum atomic E-state index is 13.6. The van der Waals surface area contributed by atoms with Gasteiger partial charge in [-0.1, -0.05) is 47.5 Å². The van der Waals surface area contributed by atoms with Crippen LogP contribution < -0.4 is 5.32 Å². The van der Waals surface area contributed by atoms with E-state index in [4.69, 9.17) is 23.2 Å². The summed E-state index contributed by atoms with van der Waals surface area (Å²) in [5.41, 5.74) is 1.56. The number of hydrogen-bond donors (Lipinski definition) is 1. The molecule has 0 radical (unpaired) electrons. The fraction of sp³-hybridized carbons (Fsp3) is 0.419. The van der Waals surface area contributed by atoms with Crippen LogP contribution in [0.4, 0.5) is 9.18 Å². The minimum Gasteiger partial charge on any atom is -0.337 e. The second-order valence-electron chi connectivity index (χ2n) is 11.2. The highest BCUT2D eigenvalue weighted by atomic mass is 35.5. The second-order valence-corrected chi connectivity index (χ2v) is 12.0. The Morgan fingerprint density at radius 3 is 2.25 bits per heavy atom. The van der Waals surface area contributed by atoms with E-state index in [1.165, 1.54) is 11.6 Å². The highest BCUT2D eigenvalue weighted by molar-refractivity contribution is 6.39. The maximum Gasteiger partial charge on any atom is 0.317 e. The summed E-state index contributed by atoms with van der Waals surface area (Å²) < 4.78 is 13.6. The quantitative estimate of drug-likeness (QED) is 0.390. The molecule has 6 nitrogen and oxygen atoms in total. The van der Waals surface area contributed by atoms with Gasteiger partial charge in [0.2, 0.25) is 0 Å². The number of amides is 3. The minimum atomic E-state index is -0.213. The van der Waals surface area contributed by atoms with E-state index in [1.807, 2.05) is 17.0 Å². The van der Waals surface area contributed by atoms with Gasteiger partial charge in [0.1, 0.15) is 5.82 Å². The van der Waals surface area contributed by atoms with Crippen molar-refractivity contribution in [2.45, 2.75) is 56.8 Å². The third kappa shape index (κ3) is 5.65. The van der Waals surface area contributed by atoms with Gasteiger partial charge in [-0.3, -0.25) is 9.69 Å². The van der Waals surface area contributed by atoms with Crippen LogP contribution in [0.5, 0.6) is 0 Å². The monoisotopic (exact) mass is 582 g/mol. The lowest BCUT2D eigenvalue weighted by Gasteiger charge is -2.39. The van der Waals surface area contributed by atoms with Gasteiger partial charge in [-0.05, 0) is 78.8 Å².